The molecule has 1 fully saturated rings. The van der Waals surface area contributed by atoms with Gasteiger partial charge < -0.3 is 5.11 Å². The molecule has 46 valence electrons. The van der Waals surface area contributed by atoms with Crippen molar-refractivity contribution in [3.8, 4) is 0 Å². The monoisotopic (exact) mass is 131 g/mol. The van der Waals surface area contributed by atoms with E-state index in [0.717, 1.165) is 11.6 Å². The minimum Gasteiger partial charge on any atom is -0.511 e. The maximum absolute atomic E-state index is 8.78. The molecule has 0 aromatic carbocycles. The van der Waals surface area contributed by atoms with E-state index >= 15 is 0 Å². The Kier molecular flexibility index (Phi) is 1.81. The fourth-order valence-corrected chi connectivity index (χ4v) is 1.59. The van der Waals surface area contributed by atoms with Gasteiger partial charge in [-0.3, -0.25) is 5.32 Å². The van der Waals surface area contributed by atoms with Crippen LogP contribution in [0.5, 0.6) is 0 Å². The molecule has 1 unspecified atom stereocenters. The fourth-order valence-electron chi connectivity index (χ4n) is 0.609. The molecular weight excluding hydrogens is 122 g/mol. The second-order valence-electron chi connectivity index (χ2n) is 1.76. The van der Waals surface area contributed by atoms with E-state index in [4.69, 9.17) is 5.11 Å². The highest BCUT2D eigenvalue weighted by atomic mass is 32.2. The quantitative estimate of drug-likeness (QED) is 0.514. The molecule has 1 rings (SSSR count). The van der Waals surface area contributed by atoms with E-state index in [1.807, 2.05) is 0 Å². The number of hydrogen-bond acceptors (Lipinski definition) is 3. The summed E-state index contributed by atoms with van der Waals surface area (Å²) in [5.74, 6) is 2.15. The zero-order valence-corrected chi connectivity index (χ0v) is 5.37. The summed E-state index contributed by atoms with van der Waals surface area (Å²) in [4.78, 5) is 0. The number of aliphatic hydroxyl groups excluding tert-OH is 1. The molecule has 0 aromatic heterocycles. The highest BCUT2D eigenvalue weighted by Crippen LogP contribution is 2.12. The standard InChI is InChI=1S/C5H9NOS/c1-4(7)5-2-8-3-6-5/h5-7H,1-3H2. The molecule has 3 heteroatoms. The van der Waals surface area contributed by atoms with E-state index in [9.17, 15) is 0 Å². The zero-order chi connectivity index (χ0) is 5.98. The van der Waals surface area contributed by atoms with Gasteiger partial charge in [0.2, 0.25) is 0 Å². The maximum Gasteiger partial charge on any atom is 0.103 e. The van der Waals surface area contributed by atoms with Gasteiger partial charge >= 0.3 is 0 Å². The Morgan fingerprint density at radius 2 is 2.62 bits per heavy atom. The minimum atomic E-state index is 0.139. The van der Waals surface area contributed by atoms with Crippen LogP contribution in [0, 0.1) is 0 Å². The van der Waals surface area contributed by atoms with Gasteiger partial charge in [0, 0.05) is 11.6 Å². The van der Waals surface area contributed by atoms with Crippen LogP contribution in [0.25, 0.3) is 0 Å². The molecule has 0 aliphatic carbocycles. The van der Waals surface area contributed by atoms with Gasteiger partial charge in [-0.1, -0.05) is 6.58 Å². The SMILES string of the molecule is C=C(O)C1CSCN1. The Labute approximate surface area is 53.0 Å². The van der Waals surface area contributed by atoms with Crippen LogP contribution in [0.3, 0.4) is 0 Å². The van der Waals surface area contributed by atoms with Gasteiger partial charge in [-0.15, -0.1) is 11.8 Å². The summed E-state index contributed by atoms with van der Waals surface area (Å²) >= 11 is 1.78. The minimum absolute atomic E-state index is 0.139. The van der Waals surface area contributed by atoms with Crippen molar-refractivity contribution in [2.24, 2.45) is 0 Å². The summed E-state index contributed by atoms with van der Waals surface area (Å²) in [6, 6.07) is 0.139. The van der Waals surface area contributed by atoms with E-state index in [1.54, 1.807) is 11.8 Å². The summed E-state index contributed by atoms with van der Waals surface area (Å²) in [5, 5.41) is 11.9. The Bertz CT molecular complexity index is 98.6. The summed E-state index contributed by atoms with van der Waals surface area (Å²) in [6.07, 6.45) is 0. The number of thioether (sulfide) groups is 1. The molecule has 1 aliphatic heterocycles. The van der Waals surface area contributed by atoms with Crippen molar-refractivity contribution in [1.82, 2.24) is 5.32 Å². The van der Waals surface area contributed by atoms with Crippen molar-refractivity contribution in [3.05, 3.63) is 12.3 Å². The number of hydrogen-bond donors (Lipinski definition) is 2. The third-order valence-corrected chi connectivity index (χ3v) is 2.06. The molecule has 0 bridgehead atoms. The second kappa shape index (κ2) is 2.42. The summed E-state index contributed by atoms with van der Waals surface area (Å²) in [5.41, 5.74) is 0. The van der Waals surface area contributed by atoms with Gasteiger partial charge in [0.1, 0.15) is 5.76 Å². The van der Waals surface area contributed by atoms with E-state index in [1.165, 1.54) is 0 Å². The number of rotatable bonds is 1. The van der Waals surface area contributed by atoms with Crippen LogP contribution in [0.2, 0.25) is 0 Å². The molecule has 1 heterocycles. The van der Waals surface area contributed by atoms with Gasteiger partial charge in [-0.25, -0.2) is 0 Å². The van der Waals surface area contributed by atoms with Crippen LogP contribution in [-0.2, 0) is 0 Å². The predicted molar refractivity (Wildman–Crippen MR) is 36.0 cm³/mol. The Balaban J connectivity index is 2.35. The molecule has 1 aliphatic rings. The van der Waals surface area contributed by atoms with Gasteiger partial charge in [-0.05, 0) is 0 Å². The molecule has 0 spiro atoms. The first kappa shape index (κ1) is 5.98. The first-order chi connectivity index (χ1) is 3.80. The Morgan fingerprint density at radius 3 is 2.88 bits per heavy atom. The van der Waals surface area contributed by atoms with Gasteiger partial charge in [0.25, 0.3) is 0 Å². The molecule has 0 aromatic rings. The van der Waals surface area contributed by atoms with Crippen molar-refractivity contribution in [2.45, 2.75) is 6.04 Å². The van der Waals surface area contributed by atoms with E-state index < -0.39 is 0 Å². The average Bonchev–Trinajstić information content (AvgIpc) is 2.12. The van der Waals surface area contributed by atoms with Crippen molar-refractivity contribution >= 4 is 11.8 Å². The van der Waals surface area contributed by atoms with Gasteiger partial charge in [0.15, 0.2) is 0 Å². The van der Waals surface area contributed by atoms with Gasteiger partial charge in [-0.2, -0.15) is 0 Å². The van der Waals surface area contributed by atoms with Crippen LogP contribution in [0.1, 0.15) is 0 Å². The summed E-state index contributed by atoms with van der Waals surface area (Å²) in [6.45, 7) is 3.42. The van der Waals surface area contributed by atoms with Crippen molar-refractivity contribution < 1.29 is 5.11 Å². The maximum atomic E-state index is 8.78. The van der Waals surface area contributed by atoms with Crippen LogP contribution in [0.15, 0.2) is 12.3 Å². The summed E-state index contributed by atoms with van der Waals surface area (Å²) < 4.78 is 0. The molecule has 1 atom stereocenters. The van der Waals surface area contributed by atoms with E-state index in [2.05, 4.69) is 11.9 Å². The smallest absolute Gasteiger partial charge is 0.103 e. The molecule has 0 amide bonds. The molecule has 2 nitrogen and oxygen atoms in total. The molecule has 1 saturated heterocycles. The lowest BCUT2D eigenvalue weighted by atomic mass is 10.3. The summed E-state index contributed by atoms with van der Waals surface area (Å²) in [7, 11) is 0. The largest absolute Gasteiger partial charge is 0.511 e. The normalized spacial score (nSPS) is 28.2. The van der Waals surface area contributed by atoms with Crippen molar-refractivity contribution in [1.29, 1.82) is 0 Å². The lowest BCUT2D eigenvalue weighted by Crippen LogP contribution is -2.24. The number of nitrogens with one attached hydrogen (secondary N) is 1. The van der Waals surface area contributed by atoms with Crippen LogP contribution in [-0.4, -0.2) is 22.8 Å². The van der Waals surface area contributed by atoms with Crippen LogP contribution < -0.4 is 5.32 Å². The average molecular weight is 131 g/mol. The lowest BCUT2D eigenvalue weighted by molar-refractivity contribution is 0.365. The number of aliphatic hydroxyl groups is 1. The van der Waals surface area contributed by atoms with Crippen molar-refractivity contribution in [3.63, 3.8) is 0 Å². The first-order valence-electron chi connectivity index (χ1n) is 2.49. The molecular formula is C5H9NOS. The highest BCUT2D eigenvalue weighted by molar-refractivity contribution is 7.99. The van der Waals surface area contributed by atoms with Crippen LogP contribution >= 0.6 is 11.8 Å². The highest BCUT2D eigenvalue weighted by Gasteiger charge is 2.15. The predicted octanol–water partition coefficient (Wildman–Crippen LogP) is 0.721. The third kappa shape index (κ3) is 1.17. The van der Waals surface area contributed by atoms with E-state index in [0.29, 0.717) is 0 Å². The molecule has 0 radical (unpaired) electrons. The second-order valence-corrected chi connectivity index (χ2v) is 2.79. The van der Waals surface area contributed by atoms with Crippen molar-refractivity contribution in [2.75, 3.05) is 11.6 Å². The Morgan fingerprint density at radius 1 is 1.88 bits per heavy atom. The van der Waals surface area contributed by atoms with E-state index in [-0.39, 0.29) is 11.8 Å². The third-order valence-electron chi connectivity index (χ3n) is 1.12. The topological polar surface area (TPSA) is 32.3 Å². The van der Waals surface area contributed by atoms with Gasteiger partial charge in [0.05, 0.1) is 6.04 Å². The molecule has 8 heavy (non-hydrogen) atoms. The molecule has 0 saturated carbocycles. The first-order valence-corrected chi connectivity index (χ1v) is 3.65. The molecule has 2 N–H and O–H groups in total. The Hall–Kier alpha value is -0.150. The zero-order valence-electron chi connectivity index (χ0n) is 4.55. The van der Waals surface area contributed by atoms with Crippen LogP contribution in [0.4, 0.5) is 0 Å². The fraction of sp³-hybridized carbons (Fsp3) is 0.600. The lowest BCUT2D eigenvalue weighted by Gasteiger charge is -2.04.